The smallest absolute Gasteiger partial charge is 0.0511 e. The summed E-state index contributed by atoms with van der Waals surface area (Å²) in [7, 11) is 0. The molecule has 0 amide bonds. The van der Waals surface area contributed by atoms with Crippen LogP contribution in [0, 0.1) is 12.8 Å². The maximum absolute atomic E-state index is 5.45. The van der Waals surface area contributed by atoms with Crippen LogP contribution in [0.2, 0.25) is 0 Å². The van der Waals surface area contributed by atoms with Crippen LogP contribution in [-0.4, -0.2) is 19.8 Å². The van der Waals surface area contributed by atoms with E-state index in [1.165, 1.54) is 24.1 Å². The molecule has 1 aliphatic heterocycles. The second-order valence-corrected chi connectivity index (χ2v) is 4.33. The van der Waals surface area contributed by atoms with Gasteiger partial charge in [0.1, 0.15) is 0 Å². The molecule has 1 aromatic rings. The van der Waals surface area contributed by atoms with Crippen LogP contribution in [0.25, 0.3) is 0 Å². The molecule has 1 fully saturated rings. The molecule has 0 spiro atoms. The fourth-order valence-electron chi connectivity index (χ4n) is 1.90. The summed E-state index contributed by atoms with van der Waals surface area (Å²) in [5, 5.41) is 3.46. The minimum Gasteiger partial charge on any atom is -0.385 e. The lowest BCUT2D eigenvalue weighted by Crippen LogP contribution is -2.24. The van der Waals surface area contributed by atoms with Crippen molar-refractivity contribution < 1.29 is 4.74 Å². The number of ether oxygens (including phenoxy) is 1. The van der Waals surface area contributed by atoms with Gasteiger partial charge in [-0.05, 0) is 37.8 Å². The Kier molecular flexibility index (Phi) is 3.62. The summed E-state index contributed by atoms with van der Waals surface area (Å²) >= 11 is 0. The standard InChI is InChI=1S/C13H19NO/c1-11-4-6-13(7-5-11)14-9-12-3-2-8-15-10-12/h4-7,12,14H,2-3,8-10H2,1H3. The average molecular weight is 205 g/mol. The van der Waals surface area contributed by atoms with Crippen LogP contribution in [0.3, 0.4) is 0 Å². The zero-order valence-electron chi connectivity index (χ0n) is 9.33. The molecular formula is C13H19NO. The van der Waals surface area contributed by atoms with E-state index in [0.29, 0.717) is 5.92 Å². The van der Waals surface area contributed by atoms with Crippen LogP contribution in [-0.2, 0) is 4.74 Å². The van der Waals surface area contributed by atoms with E-state index in [2.05, 4.69) is 36.5 Å². The molecule has 0 aromatic heterocycles. The molecule has 1 heterocycles. The van der Waals surface area contributed by atoms with E-state index in [0.717, 1.165) is 19.8 Å². The van der Waals surface area contributed by atoms with Gasteiger partial charge >= 0.3 is 0 Å². The summed E-state index contributed by atoms with van der Waals surface area (Å²) in [6.07, 6.45) is 2.50. The molecule has 0 bridgehead atoms. The van der Waals surface area contributed by atoms with Crippen molar-refractivity contribution in [2.45, 2.75) is 19.8 Å². The molecule has 82 valence electrons. The zero-order chi connectivity index (χ0) is 10.5. The van der Waals surface area contributed by atoms with Crippen molar-refractivity contribution in [2.75, 3.05) is 25.1 Å². The lowest BCUT2D eigenvalue weighted by molar-refractivity contribution is 0.0595. The first-order valence-corrected chi connectivity index (χ1v) is 5.73. The third-order valence-corrected chi connectivity index (χ3v) is 2.90. The first kappa shape index (κ1) is 10.5. The monoisotopic (exact) mass is 205 g/mol. The first-order valence-electron chi connectivity index (χ1n) is 5.73. The molecule has 1 atom stereocenters. The van der Waals surface area contributed by atoms with Gasteiger partial charge in [0.25, 0.3) is 0 Å². The highest BCUT2D eigenvalue weighted by atomic mass is 16.5. The third kappa shape index (κ3) is 3.24. The van der Waals surface area contributed by atoms with Crippen molar-refractivity contribution in [1.82, 2.24) is 0 Å². The van der Waals surface area contributed by atoms with Gasteiger partial charge in [-0.25, -0.2) is 0 Å². The Morgan fingerprint density at radius 3 is 2.80 bits per heavy atom. The fourth-order valence-corrected chi connectivity index (χ4v) is 1.90. The van der Waals surface area contributed by atoms with Crippen molar-refractivity contribution in [3.8, 4) is 0 Å². The van der Waals surface area contributed by atoms with Crippen molar-refractivity contribution >= 4 is 5.69 Å². The van der Waals surface area contributed by atoms with Crippen LogP contribution in [0.5, 0.6) is 0 Å². The number of hydrogen-bond donors (Lipinski definition) is 1. The van der Waals surface area contributed by atoms with Crippen molar-refractivity contribution in [3.05, 3.63) is 29.8 Å². The molecule has 0 radical (unpaired) electrons. The Bertz CT molecular complexity index is 288. The molecule has 1 aliphatic rings. The Hall–Kier alpha value is -1.02. The van der Waals surface area contributed by atoms with Gasteiger partial charge in [0, 0.05) is 18.8 Å². The maximum atomic E-state index is 5.45. The van der Waals surface area contributed by atoms with Gasteiger partial charge in [0.15, 0.2) is 0 Å². The summed E-state index contributed by atoms with van der Waals surface area (Å²) in [6, 6.07) is 8.55. The number of hydrogen-bond acceptors (Lipinski definition) is 2. The maximum Gasteiger partial charge on any atom is 0.0511 e. The largest absolute Gasteiger partial charge is 0.385 e. The molecule has 2 nitrogen and oxygen atoms in total. The minimum absolute atomic E-state index is 0.681. The fraction of sp³-hybridized carbons (Fsp3) is 0.538. The first-order chi connectivity index (χ1) is 7.34. The number of aryl methyl sites for hydroxylation is 1. The molecule has 15 heavy (non-hydrogen) atoms. The van der Waals surface area contributed by atoms with E-state index in [-0.39, 0.29) is 0 Å². The van der Waals surface area contributed by atoms with Gasteiger partial charge in [-0.1, -0.05) is 17.7 Å². The number of nitrogens with one attached hydrogen (secondary N) is 1. The second-order valence-electron chi connectivity index (χ2n) is 4.33. The second kappa shape index (κ2) is 5.17. The van der Waals surface area contributed by atoms with Crippen LogP contribution < -0.4 is 5.32 Å². The summed E-state index contributed by atoms with van der Waals surface area (Å²) in [4.78, 5) is 0. The Morgan fingerprint density at radius 1 is 1.33 bits per heavy atom. The van der Waals surface area contributed by atoms with Gasteiger partial charge < -0.3 is 10.1 Å². The highest BCUT2D eigenvalue weighted by molar-refractivity contribution is 5.44. The van der Waals surface area contributed by atoms with Gasteiger partial charge in [-0.2, -0.15) is 0 Å². The predicted octanol–water partition coefficient (Wildman–Crippen LogP) is 2.83. The van der Waals surface area contributed by atoms with E-state index in [1.54, 1.807) is 0 Å². The van der Waals surface area contributed by atoms with Gasteiger partial charge in [-0.15, -0.1) is 0 Å². The predicted molar refractivity (Wildman–Crippen MR) is 63.2 cm³/mol. The van der Waals surface area contributed by atoms with E-state index < -0.39 is 0 Å². The number of anilines is 1. The Labute approximate surface area is 91.6 Å². The molecule has 1 aromatic carbocycles. The average Bonchev–Trinajstić information content (AvgIpc) is 2.30. The Morgan fingerprint density at radius 2 is 2.13 bits per heavy atom. The molecule has 2 rings (SSSR count). The molecule has 2 heteroatoms. The SMILES string of the molecule is Cc1ccc(NCC2CCCOC2)cc1. The van der Waals surface area contributed by atoms with Gasteiger partial charge in [-0.3, -0.25) is 0 Å². The van der Waals surface area contributed by atoms with Gasteiger partial charge in [0.2, 0.25) is 0 Å². The number of rotatable bonds is 3. The topological polar surface area (TPSA) is 21.3 Å². The molecule has 0 saturated carbocycles. The van der Waals surface area contributed by atoms with Crippen molar-refractivity contribution in [3.63, 3.8) is 0 Å². The molecular weight excluding hydrogens is 186 g/mol. The van der Waals surface area contributed by atoms with E-state index in [9.17, 15) is 0 Å². The van der Waals surface area contributed by atoms with Crippen LogP contribution in [0.1, 0.15) is 18.4 Å². The molecule has 1 N–H and O–H groups in total. The molecule has 1 saturated heterocycles. The lowest BCUT2D eigenvalue weighted by Gasteiger charge is -2.22. The zero-order valence-corrected chi connectivity index (χ0v) is 9.33. The summed E-state index contributed by atoms with van der Waals surface area (Å²) in [5.74, 6) is 0.681. The van der Waals surface area contributed by atoms with E-state index in [4.69, 9.17) is 4.74 Å². The third-order valence-electron chi connectivity index (χ3n) is 2.90. The summed E-state index contributed by atoms with van der Waals surface area (Å²) < 4.78 is 5.45. The van der Waals surface area contributed by atoms with E-state index >= 15 is 0 Å². The Balaban J connectivity index is 1.79. The lowest BCUT2D eigenvalue weighted by atomic mass is 10.0. The van der Waals surface area contributed by atoms with Crippen LogP contribution in [0.4, 0.5) is 5.69 Å². The van der Waals surface area contributed by atoms with E-state index in [1.807, 2.05) is 0 Å². The highest BCUT2D eigenvalue weighted by Crippen LogP contribution is 2.15. The summed E-state index contributed by atoms with van der Waals surface area (Å²) in [5.41, 5.74) is 2.52. The quantitative estimate of drug-likeness (QED) is 0.819. The van der Waals surface area contributed by atoms with Crippen LogP contribution >= 0.6 is 0 Å². The van der Waals surface area contributed by atoms with Gasteiger partial charge in [0.05, 0.1) is 6.61 Å². The highest BCUT2D eigenvalue weighted by Gasteiger charge is 2.12. The minimum atomic E-state index is 0.681. The number of benzene rings is 1. The van der Waals surface area contributed by atoms with Crippen molar-refractivity contribution in [2.24, 2.45) is 5.92 Å². The molecule has 1 unspecified atom stereocenters. The van der Waals surface area contributed by atoms with Crippen LogP contribution in [0.15, 0.2) is 24.3 Å². The molecule has 0 aliphatic carbocycles. The summed E-state index contributed by atoms with van der Waals surface area (Å²) in [6.45, 7) is 5.00. The normalized spacial score (nSPS) is 21.3. The van der Waals surface area contributed by atoms with Crippen molar-refractivity contribution in [1.29, 1.82) is 0 Å².